The molecule has 0 atom stereocenters. The normalized spacial score (nSPS) is 10.8. The molecule has 0 aliphatic heterocycles. The maximum absolute atomic E-state index is 10.8. The number of hydrogen-bond donors (Lipinski definition) is 0. The van der Waals surface area contributed by atoms with E-state index < -0.39 is 0 Å². The topological polar surface area (TPSA) is 71.8 Å². The number of rotatable bonds is 8. The van der Waals surface area contributed by atoms with Crippen LogP contribution < -0.4 is 0 Å². The summed E-state index contributed by atoms with van der Waals surface area (Å²) in [5.74, 6) is 1.55. The Morgan fingerprint density at radius 1 is 0.575 bits per heavy atom. The maximum Gasteiger partial charge on any atom is -0.147 e. The molecule has 0 bridgehead atoms. The monoisotopic (exact) mass is 608 g/mol. The van der Waals surface area contributed by atoms with Crippen molar-refractivity contribution in [3.63, 3.8) is 0 Å². The van der Waals surface area contributed by atoms with Crippen molar-refractivity contribution in [2.24, 2.45) is 7.99 Å². The van der Waals surface area contributed by atoms with Crippen molar-refractivity contribution in [1.29, 1.82) is 0 Å². The number of hydrogen-bond acceptors (Lipinski definition) is 5. The van der Waals surface area contributed by atoms with Gasteiger partial charge in [-0.25, -0.2) is 4.98 Å². The van der Waals surface area contributed by atoms with E-state index in [1.807, 2.05) is 0 Å². The first-order valence-corrected chi connectivity index (χ1v) is 14.5. The van der Waals surface area contributed by atoms with Crippen LogP contribution in [0.15, 0.2) is 62.6 Å². The fourth-order valence-electron chi connectivity index (χ4n) is 4.11. The second-order valence-corrected chi connectivity index (χ2v) is 11.6. The van der Waals surface area contributed by atoms with E-state index in [9.17, 15) is 9.59 Å². The second kappa shape index (κ2) is 16.6. The third-order valence-electron chi connectivity index (χ3n) is 6.37. The van der Waals surface area contributed by atoms with E-state index in [1.165, 1.54) is 36.1 Å². The first-order chi connectivity index (χ1) is 18.3. The van der Waals surface area contributed by atoms with E-state index in [4.69, 9.17) is 7.99 Å². The van der Waals surface area contributed by atoms with E-state index in [0.29, 0.717) is 35.1 Å². The number of aromatic nitrogens is 1. The number of nitrogens with zero attached hydrogens (tertiary/aromatic N) is 3. The summed E-state index contributed by atoms with van der Waals surface area (Å²) >= 11 is 0.800. The Hall–Kier alpha value is -2.67. The van der Waals surface area contributed by atoms with E-state index in [-0.39, 0.29) is 24.0 Å². The fourth-order valence-corrected chi connectivity index (χ4v) is 4.90. The predicted molar refractivity (Wildman–Crippen MR) is 165 cm³/mol. The molecule has 2 aromatic carbocycles. The van der Waals surface area contributed by atoms with E-state index in [1.54, 1.807) is 18.2 Å². The van der Waals surface area contributed by atoms with Crippen LogP contribution in [0.25, 0.3) is 0 Å². The van der Waals surface area contributed by atoms with Gasteiger partial charge >= 0.3 is 171 Å². The van der Waals surface area contributed by atoms with Crippen molar-refractivity contribution in [3.8, 4) is 0 Å². The van der Waals surface area contributed by atoms with Crippen molar-refractivity contribution in [3.05, 3.63) is 88.2 Å². The van der Waals surface area contributed by atoms with Gasteiger partial charge in [-0.3, -0.25) is 9.59 Å². The zero-order chi connectivity index (χ0) is 29.3. The number of carbonyl (C=O) groups excluding carboxylic acids is 2. The summed E-state index contributed by atoms with van der Waals surface area (Å²) in [6.45, 7) is 20.7. The first-order valence-electron chi connectivity index (χ1n) is 13.6. The van der Waals surface area contributed by atoms with Crippen molar-refractivity contribution >= 4 is 35.3 Å². The Balaban J connectivity index is 0.000000516. The number of carbonyl (C=O) groups is 2. The third kappa shape index (κ3) is 9.75. The first kappa shape index (κ1) is 35.4. The smallest absolute Gasteiger partial charge is 0.147 e. The van der Waals surface area contributed by atoms with Gasteiger partial charge in [0.2, 0.25) is 0 Å². The van der Waals surface area contributed by atoms with Crippen LogP contribution in [0.3, 0.4) is 0 Å². The SMILES string of the molecule is CC(=O)c1cccc(C(C)=O)n1.CC(C)c1cccc(C(C)C)c1[N]=[Co]=[N]c1c(C(C)C)cccc1C(C)C.Cl. The Morgan fingerprint density at radius 3 is 1.10 bits per heavy atom. The Morgan fingerprint density at radius 2 is 0.850 bits per heavy atom. The molecule has 0 saturated carbocycles. The molecule has 0 saturated heterocycles. The van der Waals surface area contributed by atoms with Gasteiger partial charge in [0.05, 0.1) is 0 Å². The number of pyridine rings is 1. The largest absolute Gasteiger partial charge is 0.147 e. The minimum atomic E-state index is -0.127. The summed E-state index contributed by atoms with van der Waals surface area (Å²) in [4.78, 5) is 25.6. The van der Waals surface area contributed by atoms with E-state index in [0.717, 1.165) is 25.7 Å². The Bertz CT molecular complexity index is 1220. The van der Waals surface area contributed by atoms with Crippen molar-refractivity contribution in [1.82, 2.24) is 4.98 Å². The fraction of sp³-hybridized carbons (Fsp3) is 0.424. The number of benzene rings is 2. The van der Waals surface area contributed by atoms with Gasteiger partial charge in [-0.15, -0.1) is 12.4 Å². The minimum Gasteiger partial charge on any atom is -0.147 e. The van der Waals surface area contributed by atoms with Gasteiger partial charge in [0.1, 0.15) is 11.4 Å². The molecule has 0 amide bonds. The molecule has 0 aliphatic rings. The van der Waals surface area contributed by atoms with Gasteiger partial charge in [0.25, 0.3) is 0 Å². The molecule has 0 spiro atoms. The maximum atomic E-state index is 10.8. The molecular weight excluding hydrogens is 565 g/mol. The summed E-state index contributed by atoms with van der Waals surface area (Å²) in [6, 6.07) is 17.9. The summed E-state index contributed by atoms with van der Waals surface area (Å²) in [5, 5.41) is 0. The van der Waals surface area contributed by atoms with Gasteiger partial charge in [-0.1, -0.05) is 6.07 Å². The molecule has 3 rings (SSSR count). The Labute approximate surface area is 252 Å². The minimum absolute atomic E-state index is 0. The molecule has 0 unspecified atom stereocenters. The van der Waals surface area contributed by atoms with Crippen molar-refractivity contribution in [2.75, 3.05) is 0 Å². The van der Waals surface area contributed by atoms with Crippen LogP contribution in [-0.4, -0.2) is 16.6 Å². The predicted octanol–water partition coefficient (Wildman–Crippen LogP) is 10.5. The van der Waals surface area contributed by atoms with Crippen LogP contribution in [-0.2, 0) is 14.3 Å². The molecule has 0 radical (unpaired) electrons. The molecule has 5 nitrogen and oxygen atoms in total. The molecule has 0 fully saturated rings. The average Bonchev–Trinajstić information content (AvgIpc) is 2.88. The quantitative estimate of drug-likeness (QED) is 0.239. The molecule has 1 heterocycles. The van der Waals surface area contributed by atoms with Crippen LogP contribution in [0.5, 0.6) is 0 Å². The zero-order valence-electron chi connectivity index (χ0n) is 25.4. The van der Waals surface area contributed by atoms with Gasteiger partial charge in [0.15, 0.2) is 11.6 Å². The standard InChI is InChI=1S/2C12H17N.C9H9NO2.ClH.Co/c2*1-8(2)10-6-5-7-11(9(3)4)12(10)13;1-6(11)8-4-3-5-9(10-8)7(2)12;;/h2*5-9H,1-4H3;3-5H,1-2H3;1H;. The third-order valence-corrected chi connectivity index (χ3v) is 7.04. The molecule has 1 aromatic heterocycles. The number of Topliss-reactive ketones (excluding diaryl/α,β-unsaturated/α-hetero) is 2. The molecular formula is C33H44ClCoN3O2. The summed E-state index contributed by atoms with van der Waals surface area (Å²) in [6.07, 6.45) is 0. The second-order valence-electron chi connectivity index (χ2n) is 10.9. The molecule has 219 valence electrons. The van der Waals surface area contributed by atoms with Crippen LogP contribution in [0.4, 0.5) is 11.4 Å². The van der Waals surface area contributed by atoms with Gasteiger partial charge in [-0.2, -0.15) is 0 Å². The summed E-state index contributed by atoms with van der Waals surface area (Å²) in [7, 11) is 0. The molecule has 7 heteroatoms. The van der Waals surface area contributed by atoms with Gasteiger partial charge in [0, 0.05) is 13.8 Å². The van der Waals surface area contributed by atoms with Crippen LogP contribution in [0.2, 0.25) is 0 Å². The molecule has 3 aromatic rings. The molecule has 40 heavy (non-hydrogen) atoms. The Kier molecular flexibility index (Phi) is 14.6. The number of ketones is 2. The molecule has 0 N–H and O–H groups in total. The van der Waals surface area contributed by atoms with Crippen LogP contribution in [0, 0.1) is 0 Å². The van der Waals surface area contributed by atoms with Crippen molar-refractivity contribution < 1.29 is 23.9 Å². The van der Waals surface area contributed by atoms with E-state index >= 15 is 0 Å². The number of halogens is 1. The van der Waals surface area contributed by atoms with Gasteiger partial charge < -0.3 is 0 Å². The van der Waals surface area contributed by atoms with Crippen molar-refractivity contribution in [2.45, 2.75) is 92.9 Å². The summed E-state index contributed by atoms with van der Waals surface area (Å²) < 4.78 is 9.89. The van der Waals surface area contributed by atoms with Crippen LogP contribution in [0.1, 0.15) is 136 Å². The van der Waals surface area contributed by atoms with Crippen LogP contribution >= 0.6 is 12.4 Å². The summed E-state index contributed by atoms with van der Waals surface area (Å²) in [5.41, 5.74) is 8.16. The van der Waals surface area contributed by atoms with Gasteiger partial charge in [-0.05, 0) is 12.1 Å². The zero-order valence-corrected chi connectivity index (χ0v) is 27.3. The molecule has 0 aliphatic carbocycles. The van der Waals surface area contributed by atoms with E-state index in [2.05, 4.69) is 96.8 Å². The average molecular weight is 609 g/mol.